The van der Waals surface area contributed by atoms with Crippen LogP contribution in [0.5, 0.6) is 17.2 Å². The first-order chi connectivity index (χ1) is 11.6. The van der Waals surface area contributed by atoms with Crippen molar-refractivity contribution in [2.45, 2.75) is 0 Å². The SMILES string of the molecule is COc1cc(C=C2SC(N3CCOCC3)=NC2=O)cc(OC)c1O. The van der Waals surface area contributed by atoms with Crippen molar-refractivity contribution >= 4 is 28.9 Å². The number of hydrogen-bond acceptors (Lipinski definition) is 7. The van der Waals surface area contributed by atoms with Crippen LogP contribution in [0.3, 0.4) is 0 Å². The standard InChI is InChI=1S/C16H18N2O5S/c1-21-11-7-10(8-12(22-2)14(11)19)9-13-15(20)17-16(24-13)18-3-5-23-6-4-18/h7-9,19H,3-6H2,1-2H3. The van der Waals surface area contributed by atoms with E-state index in [4.69, 9.17) is 14.2 Å². The molecule has 2 aliphatic rings. The Hall–Kier alpha value is -2.19. The third kappa shape index (κ3) is 3.34. The van der Waals surface area contributed by atoms with Crippen LogP contribution in [-0.2, 0) is 9.53 Å². The van der Waals surface area contributed by atoms with Crippen LogP contribution in [0.2, 0.25) is 0 Å². The number of nitrogens with zero attached hydrogens (tertiary/aromatic N) is 2. The smallest absolute Gasteiger partial charge is 0.286 e. The molecule has 8 heteroatoms. The molecule has 2 aliphatic heterocycles. The number of aliphatic imine (C=N–C) groups is 1. The molecule has 1 aromatic rings. The second kappa shape index (κ2) is 7.14. The topological polar surface area (TPSA) is 80.6 Å². The maximum Gasteiger partial charge on any atom is 0.286 e. The Bertz CT molecular complexity index is 685. The molecule has 0 aliphatic carbocycles. The van der Waals surface area contributed by atoms with E-state index in [1.807, 2.05) is 4.90 Å². The normalized spacial score (nSPS) is 19.6. The highest BCUT2D eigenvalue weighted by Gasteiger charge is 2.27. The highest BCUT2D eigenvalue weighted by atomic mass is 32.2. The van der Waals surface area contributed by atoms with Crippen molar-refractivity contribution in [2.75, 3.05) is 40.5 Å². The number of hydrogen-bond donors (Lipinski definition) is 1. The minimum absolute atomic E-state index is 0.0715. The lowest BCUT2D eigenvalue weighted by molar-refractivity contribution is -0.113. The minimum Gasteiger partial charge on any atom is -0.502 e. The van der Waals surface area contributed by atoms with E-state index in [0.717, 1.165) is 13.1 Å². The van der Waals surface area contributed by atoms with Crippen LogP contribution in [0.1, 0.15) is 5.56 Å². The van der Waals surface area contributed by atoms with Crippen LogP contribution in [0.15, 0.2) is 22.0 Å². The third-order valence-electron chi connectivity index (χ3n) is 3.69. The molecule has 0 atom stereocenters. The number of amides is 1. The van der Waals surface area contributed by atoms with E-state index in [2.05, 4.69) is 4.99 Å². The Balaban J connectivity index is 1.83. The van der Waals surface area contributed by atoms with Gasteiger partial charge in [-0.1, -0.05) is 0 Å². The highest BCUT2D eigenvalue weighted by molar-refractivity contribution is 8.18. The van der Waals surface area contributed by atoms with Gasteiger partial charge < -0.3 is 24.2 Å². The molecule has 7 nitrogen and oxygen atoms in total. The molecule has 2 heterocycles. The summed E-state index contributed by atoms with van der Waals surface area (Å²) >= 11 is 1.34. The van der Waals surface area contributed by atoms with Gasteiger partial charge in [-0.3, -0.25) is 4.79 Å². The van der Waals surface area contributed by atoms with Gasteiger partial charge in [-0.25, -0.2) is 0 Å². The van der Waals surface area contributed by atoms with Crippen molar-refractivity contribution in [1.29, 1.82) is 0 Å². The third-order valence-corrected chi connectivity index (χ3v) is 4.74. The fraction of sp³-hybridized carbons (Fsp3) is 0.375. The maximum atomic E-state index is 12.2. The lowest BCUT2D eigenvalue weighted by atomic mass is 10.1. The van der Waals surface area contributed by atoms with Crippen LogP contribution in [0, 0.1) is 0 Å². The molecule has 0 bridgehead atoms. The van der Waals surface area contributed by atoms with E-state index in [-0.39, 0.29) is 23.2 Å². The molecule has 0 unspecified atom stereocenters. The average molecular weight is 350 g/mol. The summed E-state index contributed by atoms with van der Waals surface area (Å²) in [5.41, 5.74) is 0.691. The molecular formula is C16H18N2O5S. The molecule has 0 saturated carbocycles. The van der Waals surface area contributed by atoms with Crippen LogP contribution in [-0.4, -0.2) is 61.6 Å². The highest BCUT2D eigenvalue weighted by Crippen LogP contribution is 2.39. The van der Waals surface area contributed by atoms with Crippen molar-refractivity contribution in [3.63, 3.8) is 0 Å². The fourth-order valence-corrected chi connectivity index (χ4v) is 3.40. The number of phenolic OH excluding ortho intramolecular Hbond substituents is 1. The second-order valence-corrected chi connectivity index (χ2v) is 6.19. The number of ether oxygens (including phenoxy) is 3. The Kier molecular flexibility index (Phi) is 4.96. The summed E-state index contributed by atoms with van der Waals surface area (Å²) in [7, 11) is 2.92. The Morgan fingerprint density at radius 2 is 1.88 bits per heavy atom. The number of aromatic hydroxyl groups is 1. The van der Waals surface area contributed by atoms with Gasteiger partial charge in [-0.2, -0.15) is 4.99 Å². The summed E-state index contributed by atoms with van der Waals surface area (Å²) in [6.07, 6.45) is 1.72. The van der Waals surface area contributed by atoms with Gasteiger partial charge in [0.05, 0.1) is 32.3 Å². The van der Waals surface area contributed by atoms with Crippen molar-refractivity contribution in [1.82, 2.24) is 4.90 Å². The zero-order valence-corrected chi connectivity index (χ0v) is 14.3. The molecule has 3 rings (SSSR count). The number of morpholine rings is 1. The van der Waals surface area contributed by atoms with Crippen LogP contribution >= 0.6 is 11.8 Å². The first-order valence-corrected chi connectivity index (χ1v) is 8.24. The Morgan fingerprint density at radius 1 is 1.25 bits per heavy atom. The lowest BCUT2D eigenvalue weighted by Crippen LogP contribution is -2.38. The van der Waals surface area contributed by atoms with Gasteiger partial charge in [0.2, 0.25) is 5.75 Å². The van der Waals surface area contributed by atoms with Crippen molar-refractivity contribution in [3.8, 4) is 17.2 Å². The number of benzene rings is 1. The number of carbonyl (C=O) groups is 1. The predicted molar refractivity (Wildman–Crippen MR) is 91.6 cm³/mol. The van der Waals surface area contributed by atoms with Gasteiger partial charge in [-0.05, 0) is 35.5 Å². The summed E-state index contributed by atoms with van der Waals surface area (Å²) < 4.78 is 15.6. The van der Waals surface area contributed by atoms with Crippen LogP contribution in [0.4, 0.5) is 0 Å². The van der Waals surface area contributed by atoms with E-state index in [1.54, 1.807) is 18.2 Å². The van der Waals surface area contributed by atoms with E-state index in [0.29, 0.717) is 28.9 Å². The summed E-state index contributed by atoms with van der Waals surface area (Å²) in [5, 5.41) is 10.7. The monoisotopic (exact) mass is 350 g/mol. The molecule has 1 N–H and O–H groups in total. The molecule has 0 spiro atoms. The van der Waals surface area contributed by atoms with Gasteiger partial charge in [0.15, 0.2) is 16.7 Å². The van der Waals surface area contributed by atoms with Gasteiger partial charge in [0.25, 0.3) is 5.91 Å². The number of thioether (sulfide) groups is 1. The summed E-state index contributed by atoms with van der Waals surface area (Å²) in [4.78, 5) is 18.9. The predicted octanol–water partition coefficient (Wildman–Crippen LogP) is 1.71. The van der Waals surface area contributed by atoms with E-state index in [1.165, 1.54) is 26.0 Å². The summed E-state index contributed by atoms with van der Waals surface area (Å²) in [6.45, 7) is 2.73. The number of phenols is 1. The molecule has 128 valence electrons. The zero-order chi connectivity index (χ0) is 17.1. The van der Waals surface area contributed by atoms with E-state index >= 15 is 0 Å². The summed E-state index contributed by atoms with van der Waals surface area (Å²) in [6, 6.07) is 3.29. The Labute approximate surface area is 143 Å². The number of rotatable bonds is 3. The van der Waals surface area contributed by atoms with E-state index in [9.17, 15) is 9.90 Å². The largest absolute Gasteiger partial charge is 0.502 e. The van der Waals surface area contributed by atoms with Crippen molar-refractivity contribution in [2.24, 2.45) is 4.99 Å². The lowest BCUT2D eigenvalue weighted by Gasteiger charge is -2.27. The number of methoxy groups -OCH3 is 2. The molecule has 1 aromatic carbocycles. The average Bonchev–Trinajstić information content (AvgIpc) is 2.97. The molecule has 1 amide bonds. The fourth-order valence-electron chi connectivity index (χ4n) is 2.44. The van der Waals surface area contributed by atoms with Crippen molar-refractivity contribution < 1.29 is 24.1 Å². The Morgan fingerprint density at radius 3 is 2.46 bits per heavy atom. The first kappa shape index (κ1) is 16.7. The first-order valence-electron chi connectivity index (χ1n) is 7.42. The summed E-state index contributed by atoms with van der Waals surface area (Å²) in [5.74, 6) is 0.224. The molecular weight excluding hydrogens is 332 g/mol. The van der Waals surface area contributed by atoms with Gasteiger partial charge >= 0.3 is 0 Å². The van der Waals surface area contributed by atoms with E-state index < -0.39 is 0 Å². The van der Waals surface area contributed by atoms with Gasteiger partial charge in [0.1, 0.15) is 0 Å². The van der Waals surface area contributed by atoms with Crippen LogP contribution in [0.25, 0.3) is 6.08 Å². The molecule has 1 saturated heterocycles. The second-order valence-electron chi connectivity index (χ2n) is 5.18. The van der Waals surface area contributed by atoms with Gasteiger partial charge in [0, 0.05) is 13.1 Å². The quantitative estimate of drug-likeness (QED) is 0.831. The van der Waals surface area contributed by atoms with Crippen LogP contribution < -0.4 is 9.47 Å². The number of carbonyl (C=O) groups excluding carboxylic acids is 1. The maximum absolute atomic E-state index is 12.2. The molecule has 0 radical (unpaired) electrons. The zero-order valence-electron chi connectivity index (χ0n) is 13.4. The molecule has 1 fully saturated rings. The minimum atomic E-state index is -0.271. The molecule has 0 aromatic heterocycles. The number of amidine groups is 1. The van der Waals surface area contributed by atoms with Gasteiger partial charge in [-0.15, -0.1) is 0 Å². The van der Waals surface area contributed by atoms with Crippen molar-refractivity contribution in [3.05, 3.63) is 22.6 Å². The molecule has 24 heavy (non-hydrogen) atoms.